The lowest BCUT2D eigenvalue weighted by atomic mass is 9.98. The molecule has 5 heteroatoms. The number of nitrogens with one attached hydrogen (secondary N) is 1. The molecule has 2 unspecified atom stereocenters. The second kappa shape index (κ2) is 4.71. The molecule has 1 aromatic carbocycles. The molecule has 1 aliphatic rings. The van der Waals surface area contributed by atoms with Gasteiger partial charge in [0.15, 0.2) is 16.4 Å². The first-order valence-corrected chi connectivity index (χ1v) is 7.05. The third-order valence-corrected chi connectivity index (χ3v) is 4.60. The number of fused-ring (bicyclic) bond motifs is 1. The van der Waals surface area contributed by atoms with E-state index in [0.29, 0.717) is 28.7 Å². The van der Waals surface area contributed by atoms with Gasteiger partial charge >= 0.3 is 0 Å². The molecule has 1 aliphatic carbocycles. The van der Waals surface area contributed by atoms with E-state index in [4.69, 9.17) is 12.2 Å². The molecule has 2 nitrogen and oxygen atoms in total. The van der Waals surface area contributed by atoms with Gasteiger partial charge in [0.05, 0.1) is 5.52 Å². The maximum atomic E-state index is 14.0. The number of aromatic amines is 1. The first-order chi connectivity index (χ1) is 9.08. The predicted octanol–water partition coefficient (Wildman–Crippen LogP) is 4.41. The fourth-order valence-corrected chi connectivity index (χ4v) is 3.37. The summed E-state index contributed by atoms with van der Waals surface area (Å²) in [4.78, 5) is 2.96. The highest BCUT2D eigenvalue weighted by atomic mass is 32.1. The van der Waals surface area contributed by atoms with Crippen LogP contribution in [0, 0.1) is 28.2 Å². The maximum Gasteiger partial charge on any atom is 0.184 e. The molecule has 0 amide bonds. The van der Waals surface area contributed by atoms with E-state index in [2.05, 4.69) is 11.9 Å². The van der Waals surface area contributed by atoms with Crippen molar-refractivity contribution in [3.8, 4) is 0 Å². The molecule has 1 aromatic heterocycles. The number of rotatable bonds is 2. The summed E-state index contributed by atoms with van der Waals surface area (Å²) in [5.41, 5.74) is 0.832. The van der Waals surface area contributed by atoms with E-state index in [1.165, 1.54) is 18.9 Å². The number of aromatic nitrogens is 2. The number of hydrogen-bond acceptors (Lipinski definition) is 1. The fourth-order valence-electron chi connectivity index (χ4n) is 3.09. The molecule has 0 aliphatic heterocycles. The van der Waals surface area contributed by atoms with Crippen LogP contribution in [-0.2, 0) is 6.54 Å². The molecule has 1 heterocycles. The van der Waals surface area contributed by atoms with Crippen LogP contribution in [0.1, 0.15) is 26.2 Å². The van der Waals surface area contributed by atoms with E-state index >= 15 is 0 Å². The van der Waals surface area contributed by atoms with Gasteiger partial charge in [-0.1, -0.05) is 19.8 Å². The van der Waals surface area contributed by atoms with Crippen LogP contribution in [-0.4, -0.2) is 9.55 Å². The number of imidazole rings is 1. The Kier molecular flexibility index (Phi) is 3.17. The van der Waals surface area contributed by atoms with Crippen LogP contribution in [0.4, 0.5) is 8.78 Å². The first-order valence-electron chi connectivity index (χ1n) is 6.64. The van der Waals surface area contributed by atoms with E-state index < -0.39 is 11.6 Å². The quantitative estimate of drug-likeness (QED) is 0.809. The Bertz CT molecular complexity index is 674. The Hall–Kier alpha value is -1.23. The summed E-state index contributed by atoms with van der Waals surface area (Å²) in [5, 5.41) is 0. The smallest absolute Gasteiger partial charge is 0.184 e. The van der Waals surface area contributed by atoms with Crippen molar-refractivity contribution >= 4 is 23.3 Å². The minimum Gasteiger partial charge on any atom is -0.330 e. The molecule has 1 fully saturated rings. The number of benzene rings is 1. The lowest BCUT2D eigenvalue weighted by Crippen LogP contribution is -2.13. The average Bonchev–Trinajstić information content (AvgIpc) is 2.91. The van der Waals surface area contributed by atoms with Gasteiger partial charge in [-0.25, -0.2) is 8.78 Å². The molecule has 0 radical (unpaired) electrons. The zero-order chi connectivity index (χ0) is 13.6. The molecule has 0 saturated heterocycles. The number of H-pyrrole nitrogens is 1. The fraction of sp³-hybridized carbons (Fsp3) is 0.500. The largest absolute Gasteiger partial charge is 0.330 e. The average molecular weight is 282 g/mol. The van der Waals surface area contributed by atoms with Gasteiger partial charge in [0, 0.05) is 6.54 Å². The van der Waals surface area contributed by atoms with E-state index in [9.17, 15) is 8.78 Å². The standard InChI is InChI=1S/C14H16F2N2S/c1-8-3-2-4-9(8)7-18-13-11(17-14(18)19)6-5-10(15)12(13)16/h5-6,8-9H,2-4,7H2,1H3,(H,17,19). The highest BCUT2D eigenvalue weighted by molar-refractivity contribution is 7.71. The van der Waals surface area contributed by atoms with Crippen LogP contribution >= 0.6 is 12.2 Å². The molecule has 1 saturated carbocycles. The van der Waals surface area contributed by atoms with Crippen molar-refractivity contribution in [3.05, 3.63) is 28.5 Å². The molecule has 2 aromatic rings. The third-order valence-electron chi connectivity index (χ3n) is 4.28. The summed E-state index contributed by atoms with van der Waals surface area (Å²) in [5.74, 6) is -0.526. The summed E-state index contributed by atoms with van der Waals surface area (Å²) in [6.07, 6.45) is 3.54. The van der Waals surface area contributed by atoms with Crippen molar-refractivity contribution in [2.75, 3.05) is 0 Å². The first kappa shape index (κ1) is 12.8. The Morgan fingerprint density at radius 3 is 2.84 bits per heavy atom. The van der Waals surface area contributed by atoms with Gasteiger partial charge in [0.25, 0.3) is 0 Å². The Morgan fingerprint density at radius 1 is 1.37 bits per heavy atom. The lowest BCUT2D eigenvalue weighted by Gasteiger charge is -2.16. The molecule has 0 spiro atoms. The zero-order valence-corrected chi connectivity index (χ0v) is 11.6. The lowest BCUT2D eigenvalue weighted by molar-refractivity contribution is 0.364. The SMILES string of the molecule is CC1CCCC1Cn1c(=S)[nH]c2ccc(F)c(F)c21. The summed E-state index contributed by atoms with van der Waals surface area (Å²) in [7, 11) is 0. The van der Waals surface area contributed by atoms with Gasteiger partial charge in [-0.15, -0.1) is 0 Å². The van der Waals surface area contributed by atoms with Gasteiger partial charge < -0.3 is 9.55 Å². The van der Waals surface area contributed by atoms with Crippen molar-refractivity contribution < 1.29 is 8.78 Å². The number of halogens is 2. The van der Waals surface area contributed by atoms with Crippen molar-refractivity contribution in [2.45, 2.75) is 32.7 Å². The van der Waals surface area contributed by atoms with Crippen molar-refractivity contribution in [1.82, 2.24) is 9.55 Å². The summed E-state index contributed by atoms with van der Waals surface area (Å²) in [6.45, 7) is 2.88. The van der Waals surface area contributed by atoms with E-state index in [0.717, 1.165) is 12.5 Å². The van der Waals surface area contributed by atoms with E-state index in [1.807, 2.05) is 0 Å². The summed E-state index contributed by atoms with van der Waals surface area (Å²) < 4.78 is 29.6. The molecular formula is C14H16F2N2S. The van der Waals surface area contributed by atoms with Crippen molar-refractivity contribution in [1.29, 1.82) is 0 Å². The molecule has 1 N–H and O–H groups in total. The molecule has 2 atom stereocenters. The molecular weight excluding hydrogens is 266 g/mol. The zero-order valence-electron chi connectivity index (χ0n) is 10.7. The third kappa shape index (κ3) is 2.10. The molecule has 3 rings (SSSR count). The Morgan fingerprint density at radius 2 is 2.16 bits per heavy atom. The molecule has 19 heavy (non-hydrogen) atoms. The van der Waals surface area contributed by atoms with Crippen molar-refractivity contribution in [3.63, 3.8) is 0 Å². The normalized spacial score (nSPS) is 23.3. The Labute approximate surface area is 115 Å². The second-order valence-corrected chi connectivity index (χ2v) is 5.85. The van der Waals surface area contributed by atoms with E-state index in [-0.39, 0.29) is 5.52 Å². The summed E-state index contributed by atoms with van der Waals surface area (Å²) >= 11 is 5.25. The van der Waals surface area contributed by atoms with Crippen LogP contribution in [0.5, 0.6) is 0 Å². The van der Waals surface area contributed by atoms with E-state index in [1.54, 1.807) is 4.57 Å². The topological polar surface area (TPSA) is 20.7 Å². The van der Waals surface area contributed by atoms with Gasteiger partial charge in [-0.3, -0.25) is 0 Å². The minimum absolute atomic E-state index is 0.268. The van der Waals surface area contributed by atoms with Crippen LogP contribution in [0.15, 0.2) is 12.1 Å². The van der Waals surface area contributed by atoms with Crippen LogP contribution in [0.25, 0.3) is 11.0 Å². The number of nitrogens with zero attached hydrogens (tertiary/aromatic N) is 1. The molecule has 0 bridgehead atoms. The van der Waals surface area contributed by atoms with Gasteiger partial charge in [0.2, 0.25) is 0 Å². The highest BCUT2D eigenvalue weighted by Crippen LogP contribution is 2.33. The highest BCUT2D eigenvalue weighted by Gasteiger charge is 2.25. The minimum atomic E-state index is -0.824. The summed E-state index contributed by atoms with van der Waals surface area (Å²) in [6, 6.07) is 2.67. The van der Waals surface area contributed by atoms with Gasteiger partial charge in [-0.05, 0) is 42.6 Å². The van der Waals surface area contributed by atoms with Crippen LogP contribution in [0.3, 0.4) is 0 Å². The van der Waals surface area contributed by atoms with Gasteiger partial charge in [-0.2, -0.15) is 0 Å². The van der Waals surface area contributed by atoms with Gasteiger partial charge in [0.1, 0.15) is 5.52 Å². The van der Waals surface area contributed by atoms with Crippen LogP contribution in [0.2, 0.25) is 0 Å². The second-order valence-electron chi connectivity index (χ2n) is 5.47. The monoisotopic (exact) mass is 282 g/mol. The maximum absolute atomic E-state index is 14.0. The van der Waals surface area contributed by atoms with Crippen LogP contribution < -0.4 is 0 Å². The number of hydrogen-bond donors (Lipinski definition) is 1. The predicted molar refractivity (Wildman–Crippen MR) is 73.5 cm³/mol. The van der Waals surface area contributed by atoms with Crippen molar-refractivity contribution in [2.24, 2.45) is 11.8 Å². The molecule has 102 valence electrons. The Balaban J connectivity index is 2.09.